The van der Waals surface area contributed by atoms with Gasteiger partial charge in [-0.3, -0.25) is 4.79 Å². The van der Waals surface area contributed by atoms with Crippen LogP contribution in [0.3, 0.4) is 0 Å². The van der Waals surface area contributed by atoms with E-state index in [0.29, 0.717) is 17.9 Å². The van der Waals surface area contributed by atoms with Gasteiger partial charge in [0.1, 0.15) is 11.3 Å². The van der Waals surface area contributed by atoms with Crippen LogP contribution in [0.15, 0.2) is 47.4 Å². The molecule has 2 rings (SSSR count). The summed E-state index contributed by atoms with van der Waals surface area (Å²) in [5, 5.41) is 2.67. The van der Waals surface area contributed by atoms with Crippen LogP contribution in [0.2, 0.25) is 0 Å². The molecule has 0 aliphatic heterocycles. The molecule has 0 saturated heterocycles. The van der Waals surface area contributed by atoms with E-state index < -0.39 is 5.97 Å². The quantitative estimate of drug-likeness (QED) is 0.594. The summed E-state index contributed by atoms with van der Waals surface area (Å²) in [6.45, 7) is 4.22. The molecule has 0 aliphatic rings. The van der Waals surface area contributed by atoms with Crippen LogP contribution in [0.25, 0.3) is 0 Å². The van der Waals surface area contributed by atoms with Crippen LogP contribution in [-0.4, -0.2) is 31.3 Å². The first-order chi connectivity index (χ1) is 12.4. The van der Waals surface area contributed by atoms with Gasteiger partial charge >= 0.3 is 5.97 Å². The van der Waals surface area contributed by atoms with Crippen molar-refractivity contribution in [2.24, 2.45) is 0 Å². The fraction of sp³-hybridized carbons (Fsp3) is 0.300. The number of thioether (sulfide) groups is 1. The van der Waals surface area contributed by atoms with Crippen molar-refractivity contribution in [3.8, 4) is 5.75 Å². The molecule has 138 valence electrons. The average Bonchev–Trinajstić information content (AvgIpc) is 2.66. The number of nitrogens with one attached hydrogen (secondary N) is 1. The van der Waals surface area contributed by atoms with E-state index in [1.165, 1.54) is 31.5 Å². The van der Waals surface area contributed by atoms with E-state index in [1.807, 2.05) is 44.2 Å². The molecule has 0 saturated carbocycles. The first kappa shape index (κ1) is 19.8. The van der Waals surface area contributed by atoms with Gasteiger partial charge in [-0.1, -0.05) is 23.8 Å². The maximum Gasteiger partial charge on any atom is 0.341 e. The van der Waals surface area contributed by atoms with Crippen molar-refractivity contribution in [1.29, 1.82) is 0 Å². The first-order valence-electron chi connectivity index (χ1n) is 8.21. The minimum absolute atomic E-state index is 0.0639. The van der Waals surface area contributed by atoms with Gasteiger partial charge in [0.2, 0.25) is 5.91 Å². The number of aryl methyl sites for hydroxylation is 1. The number of ether oxygens (including phenoxy) is 2. The number of amides is 1. The highest BCUT2D eigenvalue weighted by Crippen LogP contribution is 2.24. The highest BCUT2D eigenvalue weighted by molar-refractivity contribution is 8.00. The van der Waals surface area contributed by atoms with Crippen molar-refractivity contribution in [2.75, 3.05) is 14.2 Å². The average molecular weight is 373 g/mol. The van der Waals surface area contributed by atoms with E-state index in [4.69, 9.17) is 9.47 Å². The molecule has 2 aromatic rings. The molecule has 1 amide bonds. The lowest BCUT2D eigenvalue weighted by molar-refractivity contribution is -0.120. The van der Waals surface area contributed by atoms with Gasteiger partial charge in [0.25, 0.3) is 0 Å². The largest absolute Gasteiger partial charge is 0.496 e. The van der Waals surface area contributed by atoms with E-state index >= 15 is 0 Å². The minimum atomic E-state index is -0.474. The lowest BCUT2D eigenvalue weighted by Crippen LogP contribution is -2.30. The van der Waals surface area contributed by atoms with Crippen molar-refractivity contribution in [1.82, 2.24) is 5.32 Å². The number of carbonyl (C=O) groups excluding carboxylic acids is 2. The van der Waals surface area contributed by atoms with Gasteiger partial charge in [-0.2, -0.15) is 0 Å². The zero-order valence-electron chi connectivity index (χ0n) is 15.4. The second kappa shape index (κ2) is 9.29. The van der Waals surface area contributed by atoms with Crippen LogP contribution in [-0.2, 0) is 16.1 Å². The third-order valence-corrected chi connectivity index (χ3v) is 4.95. The third kappa shape index (κ3) is 5.26. The highest BCUT2D eigenvalue weighted by atomic mass is 32.2. The number of hydrogen-bond donors (Lipinski definition) is 1. The van der Waals surface area contributed by atoms with Gasteiger partial charge < -0.3 is 14.8 Å². The molecule has 0 aliphatic carbocycles. The van der Waals surface area contributed by atoms with Gasteiger partial charge in [0.05, 0.1) is 19.5 Å². The fourth-order valence-electron chi connectivity index (χ4n) is 2.34. The number of carbonyl (C=O) groups is 2. The maximum absolute atomic E-state index is 12.3. The Hall–Kier alpha value is -2.47. The Morgan fingerprint density at radius 1 is 1.12 bits per heavy atom. The van der Waals surface area contributed by atoms with E-state index in [-0.39, 0.29) is 11.2 Å². The SMILES string of the molecule is COC(=O)c1cc(CNC(=O)C(C)Sc2ccc(C)cc2)ccc1OC. The molecule has 0 fully saturated rings. The molecular formula is C20H23NO4S. The van der Waals surface area contributed by atoms with Crippen LogP contribution in [0, 0.1) is 6.92 Å². The molecule has 1 atom stereocenters. The first-order valence-corrected chi connectivity index (χ1v) is 9.09. The molecule has 6 heteroatoms. The minimum Gasteiger partial charge on any atom is -0.496 e. The van der Waals surface area contributed by atoms with Crippen molar-refractivity contribution in [2.45, 2.75) is 30.5 Å². The van der Waals surface area contributed by atoms with E-state index in [0.717, 1.165) is 10.5 Å². The normalized spacial score (nSPS) is 11.5. The van der Waals surface area contributed by atoms with Crippen molar-refractivity contribution >= 4 is 23.6 Å². The standard InChI is InChI=1S/C20H23NO4S/c1-13-5-8-16(9-6-13)26-14(2)19(22)21-12-15-7-10-18(24-3)17(11-15)20(23)25-4/h5-11,14H,12H2,1-4H3,(H,21,22). The topological polar surface area (TPSA) is 64.6 Å². The number of methoxy groups -OCH3 is 2. The molecule has 2 aromatic carbocycles. The molecule has 0 radical (unpaired) electrons. The monoisotopic (exact) mass is 373 g/mol. The zero-order chi connectivity index (χ0) is 19.1. The number of hydrogen-bond acceptors (Lipinski definition) is 5. The molecule has 5 nitrogen and oxygen atoms in total. The van der Waals surface area contributed by atoms with Gasteiger partial charge in [-0.15, -0.1) is 11.8 Å². The molecule has 0 heterocycles. The fourth-order valence-corrected chi connectivity index (χ4v) is 3.23. The molecule has 0 aromatic heterocycles. The lowest BCUT2D eigenvalue weighted by atomic mass is 10.1. The smallest absolute Gasteiger partial charge is 0.341 e. The molecule has 1 N–H and O–H groups in total. The summed E-state index contributed by atoms with van der Waals surface area (Å²) >= 11 is 1.51. The summed E-state index contributed by atoms with van der Waals surface area (Å²) in [5.74, 6) is -0.0976. The van der Waals surface area contributed by atoms with Gasteiger partial charge in [-0.05, 0) is 43.7 Å². The summed E-state index contributed by atoms with van der Waals surface area (Å²) in [7, 11) is 2.81. The molecule has 0 bridgehead atoms. The molecule has 0 spiro atoms. The lowest BCUT2D eigenvalue weighted by Gasteiger charge is -2.13. The maximum atomic E-state index is 12.3. The van der Waals surface area contributed by atoms with E-state index in [1.54, 1.807) is 12.1 Å². The van der Waals surface area contributed by atoms with Crippen LogP contribution in [0.4, 0.5) is 0 Å². The second-order valence-corrected chi connectivity index (χ2v) is 7.23. The van der Waals surface area contributed by atoms with Gasteiger partial charge in [0, 0.05) is 11.4 Å². The number of benzene rings is 2. The van der Waals surface area contributed by atoms with Crippen molar-refractivity contribution in [3.05, 3.63) is 59.2 Å². The number of rotatable bonds is 7. The Balaban J connectivity index is 1.97. The molecular weight excluding hydrogens is 350 g/mol. The Bertz CT molecular complexity index is 774. The summed E-state index contributed by atoms with van der Waals surface area (Å²) < 4.78 is 9.93. The Kier molecular flexibility index (Phi) is 7.09. The summed E-state index contributed by atoms with van der Waals surface area (Å²) in [5.41, 5.74) is 2.32. The van der Waals surface area contributed by atoms with Crippen LogP contribution >= 0.6 is 11.8 Å². The summed E-state index contributed by atoms with van der Waals surface area (Å²) in [6.07, 6.45) is 0. The summed E-state index contributed by atoms with van der Waals surface area (Å²) in [6, 6.07) is 13.2. The Labute approximate surface area is 158 Å². The molecule has 26 heavy (non-hydrogen) atoms. The number of esters is 1. The Morgan fingerprint density at radius 2 is 1.81 bits per heavy atom. The predicted molar refractivity (Wildman–Crippen MR) is 103 cm³/mol. The van der Waals surface area contributed by atoms with Gasteiger partial charge in [0.15, 0.2) is 0 Å². The van der Waals surface area contributed by atoms with E-state index in [2.05, 4.69) is 5.32 Å². The van der Waals surface area contributed by atoms with Crippen molar-refractivity contribution < 1.29 is 19.1 Å². The second-order valence-electron chi connectivity index (χ2n) is 5.82. The van der Waals surface area contributed by atoms with Crippen LogP contribution < -0.4 is 10.1 Å². The van der Waals surface area contributed by atoms with Gasteiger partial charge in [-0.25, -0.2) is 4.79 Å². The highest BCUT2D eigenvalue weighted by Gasteiger charge is 2.16. The third-order valence-electron chi connectivity index (χ3n) is 3.84. The molecule has 1 unspecified atom stereocenters. The predicted octanol–water partition coefficient (Wildman–Crippen LogP) is 3.59. The van der Waals surface area contributed by atoms with Crippen molar-refractivity contribution in [3.63, 3.8) is 0 Å². The van der Waals surface area contributed by atoms with Crippen LogP contribution in [0.1, 0.15) is 28.4 Å². The van der Waals surface area contributed by atoms with E-state index in [9.17, 15) is 9.59 Å². The Morgan fingerprint density at radius 3 is 2.42 bits per heavy atom. The van der Waals surface area contributed by atoms with Crippen LogP contribution in [0.5, 0.6) is 5.75 Å². The zero-order valence-corrected chi connectivity index (χ0v) is 16.2. The summed E-state index contributed by atoms with van der Waals surface area (Å²) in [4.78, 5) is 25.2.